The van der Waals surface area contributed by atoms with Gasteiger partial charge in [-0.2, -0.15) is 23.4 Å². The molecule has 2 aliphatic heterocycles. The second-order valence-electron chi connectivity index (χ2n) is 8.77. The normalized spacial score (nSPS) is 20.1. The molecule has 3 rings (SSSR count). The molecule has 3 heterocycles. The van der Waals surface area contributed by atoms with Gasteiger partial charge < -0.3 is 15.0 Å². The van der Waals surface area contributed by atoms with E-state index in [0.29, 0.717) is 23.6 Å². The van der Waals surface area contributed by atoms with Crippen LogP contribution in [0.2, 0.25) is 0 Å². The Labute approximate surface area is 207 Å². The van der Waals surface area contributed by atoms with Crippen molar-refractivity contribution in [3.63, 3.8) is 0 Å². The Morgan fingerprint density at radius 3 is 2.78 bits per heavy atom. The number of carbonyl (C=O) groups is 2. The zero-order chi connectivity index (χ0) is 26.5. The minimum absolute atomic E-state index is 0.0186. The highest BCUT2D eigenvalue weighted by Gasteiger charge is 2.32. The van der Waals surface area contributed by atoms with E-state index >= 15 is 0 Å². The van der Waals surface area contributed by atoms with E-state index < -0.39 is 24.8 Å². The fourth-order valence-corrected chi connectivity index (χ4v) is 3.71. The molecule has 0 fully saturated rings. The molecule has 2 aliphatic rings. The van der Waals surface area contributed by atoms with Crippen LogP contribution in [0.4, 0.5) is 18.0 Å². The molecule has 0 spiro atoms. The SMILES string of the molecule is C=C(/C=C\C=C(/C)C1=NN=CC(C)C1C)NC(=O)c1cc2c(cn1)CCN(C(=O)OCC(F)(F)F)C2. The van der Waals surface area contributed by atoms with Gasteiger partial charge in [-0.3, -0.25) is 9.78 Å². The van der Waals surface area contributed by atoms with Crippen LogP contribution in [-0.2, 0) is 17.7 Å². The minimum Gasteiger partial charge on any atom is -0.440 e. The van der Waals surface area contributed by atoms with Gasteiger partial charge in [-0.05, 0) is 42.2 Å². The van der Waals surface area contributed by atoms with Gasteiger partial charge in [-0.1, -0.05) is 32.6 Å². The molecule has 0 saturated carbocycles. The van der Waals surface area contributed by atoms with Gasteiger partial charge in [0.2, 0.25) is 0 Å². The van der Waals surface area contributed by atoms with E-state index in [9.17, 15) is 22.8 Å². The topological polar surface area (TPSA) is 96.3 Å². The fourth-order valence-electron chi connectivity index (χ4n) is 3.71. The highest BCUT2D eigenvalue weighted by molar-refractivity contribution is 6.03. The van der Waals surface area contributed by atoms with Crippen molar-refractivity contribution in [2.75, 3.05) is 13.2 Å². The minimum atomic E-state index is -4.60. The first-order valence-electron chi connectivity index (χ1n) is 11.4. The zero-order valence-electron chi connectivity index (χ0n) is 20.3. The van der Waals surface area contributed by atoms with Gasteiger partial charge in [-0.25, -0.2) is 4.79 Å². The summed E-state index contributed by atoms with van der Waals surface area (Å²) in [6.07, 6.45) is 3.34. The zero-order valence-corrected chi connectivity index (χ0v) is 20.3. The summed E-state index contributed by atoms with van der Waals surface area (Å²) in [6.45, 7) is 8.50. The molecule has 2 unspecified atom stereocenters. The Hall–Kier alpha value is -3.76. The van der Waals surface area contributed by atoms with Crippen molar-refractivity contribution in [3.05, 3.63) is 65.2 Å². The third kappa shape index (κ3) is 7.12. The maximum absolute atomic E-state index is 12.6. The van der Waals surface area contributed by atoms with Gasteiger partial charge in [0.25, 0.3) is 5.91 Å². The first-order valence-corrected chi connectivity index (χ1v) is 11.4. The molecule has 0 aliphatic carbocycles. The molecule has 0 saturated heterocycles. The van der Waals surface area contributed by atoms with Crippen molar-refractivity contribution in [1.29, 1.82) is 0 Å². The van der Waals surface area contributed by atoms with E-state index in [1.807, 2.05) is 19.2 Å². The lowest BCUT2D eigenvalue weighted by molar-refractivity contribution is -0.162. The third-order valence-corrected chi connectivity index (χ3v) is 5.95. The molecule has 8 nitrogen and oxygen atoms in total. The van der Waals surface area contributed by atoms with E-state index in [4.69, 9.17) is 0 Å². The average Bonchev–Trinajstić information content (AvgIpc) is 2.82. The van der Waals surface area contributed by atoms with Crippen LogP contribution >= 0.6 is 0 Å². The Kier molecular flexibility index (Phi) is 8.44. The van der Waals surface area contributed by atoms with Crippen LogP contribution < -0.4 is 5.32 Å². The van der Waals surface area contributed by atoms with Crippen LogP contribution in [0.1, 0.15) is 42.4 Å². The van der Waals surface area contributed by atoms with Crippen LogP contribution in [0, 0.1) is 11.8 Å². The molecule has 2 amide bonds. The van der Waals surface area contributed by atoms with E-state index in [0.717, 1.165) is 21.7 Å². The molecular formula is C25H28F3N5O3. The number of pyridine rings is 1. The van der Waals surface area contributed by atoms with Gasteiger partial charge in [0.05, 0.1) is 5.71 Å². The highest BCUT2D eigenvalue weighted by Crippen LogP contribution is 2.22. The third-order valence-electron chi connectivity index (χ3n) is 5.95. The van der Waals surface area contributed by atoms with Crippen LogP contribution in [0.25, 0.3) is 0 Å². The molecular weight excluding hydrogens is 475 g/mol. The molecule has 0 aromatic carbocycles. The quantitative estimate of drug-likeness (QED) is 0.574. The summed E-state index contributed by atoms with van der Waals surface area (Å²) in [5.74, 6) is 0.0340. The fraction of sp³-hybridized carbons (Fsp3) is 0.400. The Balaban J connectivity index is 1.59. The van der Waals surface area contributed by atoms with Gasteiger partial charge in [0.1, 0.15) is 5.69 Å². The second-order valence-corrected chi connectivity index (χ2v) is 8.77. The van der Waals surface area contributed by atoms with Crippen molar-refractivity contribution in [1.82, 2.24) is 15.2 Å². The number of carbonyl (C=O) groups excluding carboxylic acids is 2. The van der Waals surface area contributed by atoms with Gasteiger partial charge in [-0.15, -0.1) is 0 Å². The number of nitrogens with one attached hydrogen (secondary N) is 1. The highest BCUT2D eigenvalue weighted by atomic mass is 19.4. The van der Waals surface area contributed by atoms with E-state index in [1.54, 1.807) is 12.2 Å². The first kappa shape index (κ1) is 26.8. The first-order chi connectivity index (χ1) is 16.9. The monoisotopic (exact) mass is 503 g/mol. The molecule has 11 heteroatoms. The van der Waals surface area contributed by atoms with Crippen molar-refractivity contribution < 1.29 is 27.5 Å². The molecule has 0 bridgehead atoms. The standard InChI is InChI=1S/C25H28F3N5O3/c1-15(22-18(4)16(2)11-30-32-22)6-5-7-17(3)31-23(34)21-10-20-13-33(9-8-19(20)12-29-21)24(35)36-14-25(26,27)28/h5-7,10-12,16,18H,3,8-9,13-14H2,1-2,4H3,(H,31,34)/b7-5-,15-6+. The number of aromatic nitrogens is 1. The van der Waals surface area contributed by atoms with Crippen LogP contribution in [0.5, 0.6) is 0 Å². The lowest BCUT2D eigenvalue weighted by Crippen LogP contribution is -2.38. The average molecular weight is 504 g/mol. The second kappa shape index (κ2) is 11.3. The van der Waals surface area contributed by atoms with Crippen LogP contribution in [0.15, 0.2) is 58.5 Å². The number of halogens is 3. The lowest BCUT2D eigenvalue weighted by Gasteiger charge is -2.28. The number of hydrogen-bond acceptors (Lipinski definition) is 6. The number of hydrogen-bond donors (Lipinski definition) is 1. The number of nitrogens with zero attached hydrogens (tertiary/aromatic N) is 4. The van der Waals surface area contributed by atoms with Crippen molar-refractivity contribution >= 4 is 23.9 Å². The summed E-state index contributed by atoms with van der Waals surface area (Å²) < 4.78 is 41.3. The Bertz CT molecular complexity index is 1150. The number of ether oxygens (including phenoxy) is 1. The number of amides is 2. The van der Waals surface area contributed by atoms with E-state index in [1.165, 1.54) is 12.3 Å². The Morgan fingerprint density at radius 1 is 1.31 bits per heavy atom. The summed E-state index contributed by atoms with van der Waals surface area (Å²) in [5.41, 5.74) is 3.72. The molecule has 0 radical (unpaired) electrons. The smallest absolute Gasteiger partial charge is 0.422 e. The lowest BCUT2D eigenvalue weighted by atomic mass is 9.88. The van der Waals surface area contributed by atoms with Crippen LogP contribution in [0.3, 0.4) is 0 Å². The van der Waals surface area contributed by atoms with Gasteiger partial charge in [0.15, 0.2) is 6.61 Å². The van der Waals surface area contributed by atoms with Gasteiger partial charge >= 0.3 is 12.3 Å². The van der Waals surface area contributed by atoms with Crippen molar-refractivity contribution in [2.45, 2.75) is 39.9 Å². The van der Waals surface area contributed by atoms with E-state index in [2.05, 4.69) is 45.7 Å². The molecule has 1 aromatic heterocycles. The van der Waals surface area contributed by atoms with Gasteiger partial charge in [0, 0.05) is 43.0 Å². The number of allylic oxidation sites excluding steroid dienone is 4. The maximum Gasteiger partial charge on any atom is 0.422 e. The molecule has 2 atom stereocenters. The maximum atomic E-state index is 12.6. The molecule has 192 valence electrons. The molecule has 1 aromatic rings. The van der Waals surface area contributed by atoms with Crippen molar-refractivity contribution in [3.8, 4) is 0 Å². The summed E-state index contributed by atoms with van der Waals surface area (Å²) >= 11 is 0. The summed E-state index contributed by atoms with van der Waals surface area (Å²) in [4.78, 5) is 29.9. The number of fused-ring (bicyclic) bond motifs is 1. The van der Waals surface area contributed by atoms with Crippen LogP contribution in [-0.4, -0.2) is 53.1 Å². The predicted molar refractivity (Wildman–Crippen MR) is 130 cm³/mol. The Morgan fingerprint density at radius 2 is 2.06 bits per heavy atom. The molecule has 1 N–H and O–H groups in total. The number of rotatable bonds is 6. The summed E-state index contributed by atoms with van der Waals surface area (Å²) in [5, 5.41) is 10.9. The predicted octanol–water partition coefficient (Wildman–Crippen LogP) is 4.60. The van der Waals surface area contributed by atoms with E-state index in [-0.39, 0.29) is 24.7 Å². The summed E-state index contributed by atoms with van der Waals surface area (Å²) in [7, 11) is 0. The summed E-state index contributed by atoms with van der Waals surface area (Å²) in [6, 6.07) is 1.51. The molecule has 36 heavy (non-hydrogen) atoms. The largest absolute Gasteiger partial charge is 0.440 e. The van der Waals surface area contributed by atoms with Crippen molar-refractivity contribution in [2.24, 2.45) is 22.0 Å². The number of alkyl halides is 3.